The molecule has 0 aliphatic rings. The van der Waals surface area contributed by atoms with Gasteiger partial charge in [0.2, 0.25) is 0 Å². The first-order chi connectivity index (χ1) is 6.88. The minimum absolute atomic E-state index is 0.274. The molecule has 14 heavy (non-hydrogen) atoms. The van der Waals surface area contributed by atoms with Gasteiger partial charge in [-0.3, -0.25) is 0 Å². The monoisotopic (exact) mass is 191 g/mol. The summed E-state index contributed by atoms with van der Waals surface area (Å²) in [6.07, 6.45) is 7.29. The van der Waals surface area contributed by atoms with Crippen molar-refractivity contribution in [1.29, 1.82) is 0 Å². The van der Waals surface area contributed by atoms with Crippen LogP contribution in [0.15, 0.2) is 31.2 Å². The van der Waals surface area contributed by atoms with Gasteiger partial charge in [-0.2, -0.15) is 0 Å². The number of nitrogens with one attached hydrogen (secondary N) is 1. The molecule has 0 saturated heterocycles. The van der Waals surface area contributed by atoms with Crippen LogP contribution in [0.1, 0.15) is 31.5 Å². The fraction of sp³-hybridized carbons (Fsp3) is 0.455. The van der Waals surface area contributed by atoms with Crippen LogP contribution in [0.5, 0.6) is 0 Å². The SMILES string of the molecule is C=CCC(NCCC)c1ccncn1. The van der Waals surface area contributed by atoms with Gasteiger partial charge in [0.25, 0.3) is 0 Å². The van der Waals surface area contributed by atoms with Crippen LogP contribution in [0.3, 0.4) is 0 Å². The normalized spacial score (nSPS) is 12.4. The lowest BCUT2D eigenvalue weighted by Gasteiger charge is -2.15. The van der Waals surface area contributed by atoms with Crippen LogP contribution in [-0.4, -0.2) is 16.5 Å². The summed E-state index contributed by atoms with van der Waals surface area (Å²) in [6, 6.07) is 2.21. The third-order valence-corrected chi connectivity index (χ3v) is 2.00. The number of rotatable bonds is 6. The summed E-state index contributed by atoms with van der Waals surface area (Å²) in [4.78, 5) is 8.13. The minimum atomic E-state index is 0.274. The van der Waals surface area contributed by atoms with Crippen molar-refractivity contribution in [2.75, 3.05) is 6.54 Å². The van der Waals surface area contributed by atoms with E-state index >= 15 is 0 Å². The summed E-state index contributed by atoms with van der Waals surface area (Å²) >= 11 is 0. The van der Waals surface area contributed by atoms with Gasteiger partial charge in [-0.25, -0.2) is 9.97 Å². The lowest BCUT2D eigenvalue weighted by atomic mass is 10.1. The summed E-state index contributed by atoms with van der Waals surface area (Å²) in [5, 5.41) is 3.43. The summed E-state index contributed by atoms with van der Waals surface area (Å²) in [5.41, 5.74) is 1.04. The zero-order valence-electron chi connectivity index (χ0n) is 8.61. The Hall–Kier alpha value is -1.22. The molecule has 1 aromatic rings. The molecule has 0 aliphatic heterocycles. The average Bonchev–Trinajstić information content (AvgIpc) is 2.25. The maximum Gasteiger partial charge on any atom is 0.115 e. The van der Waals surface area contributed by atoms with E-state index in [2.05, 4.69) is 28.8 Å². The van der Waals surface area contributed by atoms with Crippen molar-refractivity contribution in [2.24, 2.45) is 0 Å². The molecule has 0 bridgehead atoms. The van der Waals surface area contributed by atoms with Gasteiger partial charge in [-0.15, -0.1) is 6.58 Å². The van der Waals surface area contributed by atoms with E-state index in [-0.39, 0.29) is 6.04 Å². The van der Waals surface area contributed by atoms with Crippen LogP contribution >= 0.6 is 0 Å². The molecular weight excluding hydrogens is 174 g/mol. The number of nitrogens with zero attached hydrogens (tertiary/aromatic N) is 2. The predicted octanol–water partition coefficient (Wildman–Crippen LogP) is 2.09. The maximum atomic E-state index is 4.23. The highest BCUT2D eigenvalue weighted by molar-refractivity contribution is 5.06. The Labute approximate surface area is 85.3 Å². The molecule has 1 atom stereocenters. The van der Waals surface area contributed by atoms with Crippen molar-refractivity contribution in [3.63, 3.8) is 0 Å². The molecule has 3 heteroatoms. The van der Waals surface area contributed by atoms with Gasteiger partial charge >= 0.3 is 0 Å². The molecule has 3 nitrogen and oxygen atoms in total. The summed E-state index contributed by atoms with van der Waals surface area (Å²) in [5.74, 6) is 0. The molecule has 76 valence electrons. The van der Waals surface area contributed by atoms with Gasteiger partial charge in [0.15, 0.2) is 0 Å². The van der Waals surface area contributed by atoms with Crippen molar-refractivity contribution < 1.29 is 0 Å². The molecule has 0 radical (unpaired) electrons. The second kappa shape index (κ2) is 6.27. The van der Waals surface area contributed by atoms with Crippen molar-refractivity contribution in [3.05, 3.63) is 36.9 Å². The second-order valence-electron chi connectivity index (χ2n) is 3.17. The molecule has 1 heterocycles. The Morgan fingerprint density at radius 3 is 3.07 bits per heavy atom. The second-order valence-corrected chi connectivity index (χ2v) is 3.17. The van der Waals surface area contributed by atoms with E-state index in [9.17, 15) is 0 Å². The smallest absolute Gasteiger partial charge is 0.115 e. The Bertz CT molecular complexity index is 258. The predicted molar refractivity (Wildman–Crippen MR) is 57.9 cm³/mol. The van der Waals surface area contributed by atoms with Gasteiger partial charge in [0.1, 0.15) is 6.33 Å². The molecule has 0 saturated carbocycles. The highest BCUT2D eigenvalue weighted by Gasteiger charge is 2.08. The van der Waals surface area contributed by atoms with Gasteiger partial charge < -0.3 is 5.32 Å². The zero-order valence-corrected chi connectivity index (χ0v) is 8.61. The lowest BCUT2D eigenvalue weighted by molar-refractivity contribution is 0.524. The zero-order chi connectivity index (χ0) is 10.2. The molecule has 0 aliphatic carbocycles. The number of aromatic nitrogens is 2. The topological polar surface area (TPSA) is 37.8 Å². The average molecular weight is 191 g/mol. The summed E-state index contributed by atoms with van der Waals surface area (Å²) in [6.45, 7) is 6.90. The Balaban J connectivity index is 2.62. The molecule has 0 fully saturated rings. The number of hydrogen-bond acceptors (Lipinski definition) is 3. The first-order valence-corrected chi connectivity index (χ1v) is 4.98. The summed E-state index contributed by atoms with van der Waals surface area (Å²) < 4.78 is 0. The largest absolute Gasteiger partial charge is 0.308 e. The summed E-state index contributed by atoms with van der Waals surface area (Å²) in [7, 11) is 0. The van der Waals surface area contributed by atoms with Crippen molar-refractivity contribution in [1.82, 2.24) is 15.3 Å². The molecule has 1 N–H and O–H groups in total. The van der Waals surface area contributed by atoms with E-state index in [1.807, 2.05) is 12.1 Å². The molecule has 1 aromatic heterocycles. The Morgan fingerprint density at radius 1 is 1.64 bits per heavy atom. The quantitative estimate of drug-likeness (QED) is 0.700. The van der Waals surface area contributed by atoms with Gasteiger partial charge in [0.05, 0.1) is 11.7 Å². The highest BCUT2D eigenvalue weighted by atomic mass is 14.9. The van der Waals surface area contributed by atoms with E-state index in [1.165, 1.54) is 0 Å². The first kappa shape index (κ1) is 10.9. The molecule has 0 spiro atoms. The van der Waals surface area contributed by atoms with E-state index < -0.39 is 0 Å². The van der Waals surface area contributed by atoms with Crippen molar-refractivity contribution in [3.8, 4) is 0 Å². The minimum Gasteiger partial charge on any atom is -0.308 e. The maximum absolute atomic E-state index is 4.23. The first-order valence-electron chi connectivity index (χ1n) is 4.98. The highest BCUT2D eigenvalue weighted by Crippen LogP contribution is 2.13. The molecule has 1 unspecified atom stereocenters. The third kappa shape index (κ3) is 3.26. The molecule has 1 rings (SSSR count). The third-order valence-electron chi connectivity index (χ3n) is 2.00. The fourth-order valence-corrected chi connectivity index (χ4v) is 1.30. The van der Waals surface area contributed by atoms with E-state index in [0.717, 1.165) is 25.1 Å². The Kier molecular flexibility index (Phi) is 4.86. The van der Waals surface area contributed by atoms with Gasteiger partial charge in [0, 0.05) is 6.20 Å². The Morgan fingerprint density at radius 2 is 2.50 bits per heavy atom. The van der Waals surface area contributed by atoms with Crippen LogP contribution < -0.4 is 5.32 Å². The standard InChI is InChI=1S/C11H17N3/c1-3-5-10(13-7-4-2)11-6-8-12-9-14-11/h3,6,8-10,13H,1,4-5,7H2,2H3. The number of hydrogen-bond donors (Lipinski definition) is 1. The van der Waals surface area contributed by atoms with Crippen molar-refractivity contribution >= 4 is 0 Å². The van der Waals surface area contributed by atoms with Crippen LogP contribution in [0.4, 0.5) is 0 Å². The van der Waals surface area contributed by atoms with Crippen LogP contribution in [0.2, 0.25) is 0 Å². The van der Waals surface area contributed by atoms with Crippen LogP contribution in [-0.2, 0) is 0 Å². The van der Waals surface area contributed by atoms with Gasteiger partial charge in [-0.05, 0) is 25.5 Å². The van der Waals surface area contributed by atoms with E-state index in [1.54, 1.807) is 12.5 Å². The molecular formula is C11H17N3. The van der Waals surface area contributed by atoms with Crippen LogP contribution in [0.25, 0.3) is 0 Å². The fourth-order valence-electron chi connectivity index (χ4n) is 1.30. The van der Waals surface area contributed by atoms with Crippen LogP contribution in [0, 0.1) is 0 Å². The van der Waals surface area contributed by atoms with Crippen molar-refractivity contribution in [2.45, 2.75) is 25.8 Å². The lowest BCUT2D eigenvalue weighted by Crippen LogP contribution is -2.22. The van der Waals surface area contributed by atoms with Gasteiger partial charge in [-0.1, -0.05) is 13.0 Å². The molecule has 0 amide bonds. The van der Waals surface area contributed by atoms with E-state index in [4.69, 9.17) is 0 Å². The molecule has 0 aromatic carbocycles. The van der Waals surface area contributed by atoms with E-state index in [0.29, 0.717) is 0 Å².